The quantitative estimate of drug-likeness (QED) is 0.928. The number of hydrogen-bond acceptors (Lipinski definition) is 3. The van der Waals surface area contributed by atoms with Crippen LogP contribution in [0, 0.1) is 0 Å². The first-order valence-electron chi connectivity index (χ1n) is 7.73. The maximum Gasteiger partial charge on any atom is 0.0958 e. The minimum atomic E-state index is 0.522. The van der Waals surface area contributed by atoms with Gasteiger partial charge in [-0.2, -0.15) is 0 Å². The van der Waals surface area contributed by atoms with E-state index in [4.69, 9.17) is 0 Å². The molecule has 1 fully saturated rings. The fourth-order valence-corrected chi connectivity index (χ4v) is 3.24. The van der Waals surface area contributed by atoms with E-state index >= 15 is 0 Å². The molecule has 1 aliphatic rings. The average Bonchev–Trinajstić information content (AvgIpc) is 2.91. The lowest BCUT2D eigenvalue weighted by atomic mass is 10.0. The predicted molar refractivity (Wildman–Crippen MR) is 82.9 cm³/mol. The van der Waals surface area contributed by atoms with Gasteiger partial charge in [-0.3, -0.25) is 4.90 Å². The Kier molecular flexibility index (Phi) is 4.03. The maximum atomic E-state index is 4.54. The van der Waals surface area contributed by atoms with Crippen LogP contribution in [0.25, 0.3) is 11.0 Å². The first kappa shape index (κ1) is 13.6. The molecule has 2 heterocycles. The number of fused-ring (bicyclic) bond motifs is 1. The summed E-state index contributed by atoms with van der Waals surface area (Å²) >= 11 is 0. The molecule has 0 aliphatic carbocycles. The van der Waals surface area contributed by atoms with Crippen LogP contribution in [-0.2, 0) is 6.54 Å². The third-order valence-corrected chi connectivity index (χ3v) is 4.35. The van der Waals surface area contributed by atoms with Crippen LogP contribution >= 0.6 is 0 Å². The van der Waals surface area contributed by atoms with Crippen LogP contribution < -0.4 is 5.32 Å². The summed E-state index contributed by atoms with van der Waals surface area (Å²) in [7, 11) is 0. The van der Waals surface area contributed by atoms with Crippen molar-refractivity contribution in [3.8, 4) is 0 Å². The molecule has 1 aromatic heterocycles. The Morgan fingerprint density at radius 1 is 1.25 bits per heavy atom. The summed E-state index contributed by atoms with van der Waals surface area (Å²) in [5.41, 5.74) is 3.77. The molecule has 1 unspecified atom stereocenters. The number of nitrogens with one attached hydrogen (secondary N) is 1. The number of piperazine rings is 1. The molecule has 2 aromatic rings. The summed E-state index contributed by atoms with van der Waals surface area (Å²) in [6, 6.07) is 7.31. The fourth-order valence-electron chi connectivity index (χ4n) is 3.24. The summed E-state index contributed by atoms with van der Waals surface area (Å²) < 4.78 is 2.20. The van der Waals surface area contributed by atoms with Gasteiger partial charge in [-0.25, -0.2) is 4.98 Å². The highest BCUT2D eigenvalue weighted by Crippen LogP contribution is 2.27. The van der Waals surface area contributed by atoms with E-state index < -0.39 is 0 Å². The lowest BCUT2D eigenvalue weighted by Crippen LogP contribution is -2.45. The summed E-state index contributed by atoms with van der Waals surface area (Å²) in [4.78, 5) is 7.14. The number of nitrogens with zero attached hydrogens (tertiary/aromatic N) is 3. The molecule has 4 nitrogen and oxygen atoms in total. The first-order chi connectivity index (χ1) is 9.83. The van der Waals surface area contributed by atoms with Gasteiger partial charge in [0.25, 0.3) is 0 Å². The average molecular weight is 272 g/mol. The van der Waals surface area contributed by atoms with E-state index in [1.807, 2.05) is 6.33 Å². The smallest absolute Gasteiger partial charge is 0.0958 e. The zero-order chi connectivity index (χ0) is 13.9. The van der Waals surface area contributed by atoms with Gasteiger partial charge >= 0.3 is 0 Å². The molecule has 20 heavy (non-hydrogen) atoms. The normalized spacial score (nSPS) is 18.5. The molecule has 3 rings (SSSR count). The molecular weight excluding hydrogens is 248 g/mol. The monoisotopic (exact) mass is 272 g/mol. The van der Waals surface area contributed by atoms with Gasteiger partial charge in [-0.15, -0.1) is 0 Å². The number of benzene rings is 1. The zero-order valence-corrected chi connectivity index (χ0v) is 12.5. The van der Waals surface area contributed by atoms with Crippen molar-refractivity contribution in [2.24, 2.45) is 0 Å². The highest BCUT2D eigenvalue weighted by atomic mass is 15.2. The van der Waals surface area contributed by atoms with E-state index in [0.717, 1.165) is 44.7 Å². The molecule has 108 valence electrons. The number of imidazole rings is 1. The van der Waals surface area contributed by atoms with Crippen molar-refractivity contribution in [1.29, 1.82) is 0 Å². The van der Waals surface area contributed by atoms with Crippen molar-refractivity contribution in [3.63, 3.8) is 0 Å². The van der Waals surface area contributed by atoms with Gasteiger partial charge in [0.2, 0.25) is 0 Å². The van der Waals surface area contributed by atoms with Crippen LogP contribution in [0.2, 0.25) is 0 Å². The molecule has 1 saturated heterocycles. The minimum absolute atomic E-state index is 0.522. The van der Waals surface area contributed by atoms with Crippen LogP contribution in [0.1, 0.15) is 31.9 Å². The molecule has 0 amide bonds. The van der Waals surface area contributed by atoms with Gasteiger partial charge in [0, 0.05) is 38.8 Å². The van der Waals surface area contributed by atoms with Crippen molar-refractivity contribution >= 4 is 11.0 Å². The molecule has 1 atom stereocenters. The molecule has 0 bridgehead atoms. The fraction of sp³-hybridized carbons (Fsp3) is 0.562. The number of aromatic nitrogens is 2. The standard InChI is InChI=1S/C16H24N4/c1-3-15(20-9-7-17-8-10-20)13-5-6-16-14(11-13)18-12-19(16)4-2/h5-6,11-12,15,17H,3-4,7-10H2,1-2H3. The largest absolute Gasteiger partial charge is 0.331 e. The van der Waals surface area contributed by atoms with Crippen molar-refractivity contribution in [3.05, 3.63) is 30.1 Å². The van der Waals surface area contributed by atoms with E-state index in [1.54, 1.807) is 0 Å². The minimum Gasteiger partial charge on any atom is -0.331 e. The van der Waals surface area contributed by atoms with Crippen molar-refractivity contribution in [1.82, 2.24) is 19.8 Å². The molecule has 1 N–H and O–H groups in total. The molecule has 0 spiro atoms. The molecule has 0 saturated carbocycles. The second-order valence-corrected chi connectivity index (χ2v) is 5.49. The van der Waals surface area contributed by atoms with Gasteiger partial charge < -0.3 is 9.88 Å². The Labute approximate surface area is 120 Å². The summed E-state index contributed by atoms with van der Waals surface area (Å²) in [5, 5.41) is 3.43. The van der Waals surface area contributed by atoms with Gasteiger partial charge in [-0.05, 0) is 31.0 Å². The Hall–Kier alpha value is -1.39. The second kappa shape index (κ2) is 5.94. The first-order valence-corrected chi connectivity index (χ1v) is 7.73. The second-order valence-electron chi connectivity index (χ2n) is 5.49. The van der Waals surface area contributed by atoms with Gasteiger partial charge in [-0.1, -0.05) is 13.0 Å². The number of aryl methyl sites for hydroxylation is 1. The van der Waals surface area contributed by atoms with Gasteiger partial charge in [0.05, 0.1) is 17.4 Å². The van der Waals surface area contributed by atoms with Crippen molar-refractivity contribution < 1.29 is 0 Å². The Morgan fingerprint density at radius 3 is 2.75 bits per heavy atom. The molecule has 4 heteroatoms. The van der Waals surface area contributed by atoms with E-state index in [0.29, 0.717) is 6.04 Å². The SMILES string of the molecule is CCC(c1ccc2c(c1)ncn2CC)N1CCNCC1. The summed E-state index contributed by atoms with van der Waals surface area (Å²) in [6.45, 7) is 9.89. The third kappa shape index (κ3) is 2.45. The third-order valence-electron chi connectivity index (χ3n) is 4.35. The van der Waals surface area contributed by atoms with Crippen LogP contribution in [-0.4, -0.2) is 40.6 Å². The Morgan fingerprint density at radius 2 is 2.05 bits per heavy atom. The van der Waals surface area contributed by atoms with E-state index in [2.05, 4.69) is 51.8 Å². The van der Waals surface area contributed by atoms with E-state index in [-0.39, 0.29) is 0 Å². The topological polar surface area (TPSA) is 33.1 Å². The Bertz CT molecular complexity index is 569. The van der Waals surface area contributed by atoms with Gasteiger partial charge in [0.15, 0.2) is 0 Å². The highest BCUT2D eigenvalue weighted by Gasteiger charge is 2.21. The van der Waals surface area contributed by atoms with Gasteiger partial charge in [0.1, 0.15) is 0 Å². The van der Waals surface area contributed by atoms with Crippen LogP contribution in [0.15, 0.2) is 24.5 Å². The van der Waals surface area contributed by atoms with Crippen molar-refractivity contribution in [2.75, 3.05) is 26.2 Å². The van der Waals surface area contributed by atoms with Crippen LogP contribution in [0.5, 0.6) is 0 Å². The summed E-state index contributed by atoms with van der Waals surface area (Å²) in [6.07, 6.45) is 3.10. The Balaban J connectivity index is 1.91. The maximum absolute atomic E-state index is 4.54. The van der Waals surface area contributed by atoms with E-state index in [1.165, 1.54) is 11.1 Å². The number of hydrogen-bond donors (Lipinski definition) is 1. The number of rotatable bonds is 4. The summed E-state index contributed by atoms with van der Waals surface area (Å²) in [5.74, 6) is 0. The molecule has 1 aromatic carbocycles. The lowest BCUT2D eigenvalue weighted by Gasteiger charge is -2.34. The van der Waals surface area contributed by atoms with E-state index in [9.17, 15) is 0 Å². The van der Waals surface area contributed by atoms with Crippen molar-refractivity contribution in [2.45, 2.75) is 32.9 Å². The molecule has 0 radical (unpaired) electrons. The highest BCUT2D eigenvalue weighted by molar-refractivity contribution is 5.76. The van der Waals surface area contributed by atoms with Crippen LogP contribution in [0.3, 0.4) is 0 Å². The zero-order valence-electron chi connectivity index (χ0n) is 12.5. The lowest BCUT2D eigenvalue weighted by molar-refractivity contribution is 0.169. The van der Waals surface area contributed by atoms with Crippen LogP contribution in [0.4, 0.5) is 0 Å². The molecule has 1 aliphatic heterocycles. The molecular formula is C16H24N4. The predicted octanol–water partition coefficient (Wildman–Crippen LogP) is 2.41.